The first kappa shape index (κ1) is 11.5. The van der Waals surface area contributed by atoms with Crippen LogP contribution in [-0.4, -0.2) is 6.04 Å². The third-order valence-electron chi connectivity index (χ3n) is 4.00. The van der Waals surface area contributed by atoms with Gasteiger partial charge >= 0.3 is 0 Å². The summed E-state index contributed by atoms with van der Waals surface area (Å²) in [6, 6.07) is 22.0. The Labute approximate surface area is 109 Å². The van der Waals surface area contributed by atoms with Crippen LogP contribution >= 0.6 is 0 Å². The topological polar surface area (TPSA) is 26.0 Å². The quantitative estimate of drug-likeness (QED) is 0.868. The van der Waals surface area contributed by atoms with Crippen LogP contribution in [0.2, 0.25) is 0 Å². The first-order chi connectivity index (χ1) is 8.84. The van der Waals surface area contributed by atoms with Crippen LogP contribution < -0.4 is 5.73 Å². The molecule has 1 nitrogen and oxygen atoms in total. The summed E-state index contributed by atoms with van der Waals surface area (Å²) in [4.78, 5) is 0. The van der Waals surface area contributed by atoms with Gasteiger partial charge in [-0.3, -0.25) is 0 Å². The lowest BCUT2D eigenvalue weighted by Gasteiger charge is -2.39. The number of benzene rings is 2. The Hall–Kier alpha value is -1.60. The zero-order chi connectivity index (χ0) is 12.4. The molecule has 0 bridgehead atoms. The molecule has 0 spiro atoms. The Morgan fingerprint density at radius 2 is 1.22 bits per heavy atom. The Morgan fingerprint density at radius 3 is 1.61 bits per heavy atom. The lowest BCUT2D eigenvalue weighted by molar-refractivity contribution is 0.239. The predicted octanol–water partition coefficient (Wildman–Crippen LogP) is 3.56. The molecule has 0 aromatic heterocycles. The van der Waals surface area contributed by atoms with Crippen LogP contribution in [0.15, 0.2) is 60.7 Å². The smallest absolute Gasteiger partial charge is 0.0119 e. The first-order valence-electron chi connectivity index (χ1n) is 6.70. The fourth-order valence-corrected chi connectivity index (χ4v) is 3.04. The van der Waals surface area contributed by atoms with Gasteiger partial charge in [0, 0.05) is 12.0 Å². The highest BCUT2D eigenvalue weighted by molar-refractivity contribution is 5.34. The van der Waals surface area contributed by atoms with E-state index in [1.807, 2.05) is 0 Å². The van der Waals surface area contributed by atoms with E-state index in [0.29, 0.717) is 17.9 Å². The highest BCUT2D eigenvalue weighted by atomic mass is 14.7. The molecule has 1 aliphatic rings. The molecule has 0 unspecified atom stereocenters. The molecule has 1 fully saturated rings. The van der Waals surface area contributed by atoms with Crippen LogP contribution in [0, 0.1) is 5.92 Å². The summed E-state index contributed by atoms with van der Waals surface area (Å²) in [7, 11) is 0. The molecular weight excluding hydrogens is 218 g/mol. The summed E-state index contributed by atoms with van der Waals surface area (Å²) < 4.78 is 0. The average molecular weight is 237 g/mol. The third kappa shape index (κ3) is 2.19. The van der Waals surface area contributed by atoms with Crippen LogP contribution in [0.4, 0.5) is 0 Å². The van der Waals surface area contributed by atoms with E-state index in [-0.39, 0.29) is 0 Å². The minimum atomic E-state index is 0.407. The maximum Gasteiger partial charge on any atom is 0.0119 e. The maximum absolute atomic E-state index is 5.96. The number of nitrogens with two attached hydrogens (primary N) is 1. The van der Waals surface area contributed by atoms with Crippen molar-refractivity contribution in [1.82, 2.24) is 0 Å². The third-order valence-corrected chi connectivity index (χ3v) is 4.00. The average Bonchev–Trinajstić information content (AvgIpc) is 2.40. The van der Waals surface area contributed by atoms with E-state index in [4.69, 9.17) is 5.73 Å². The minimum absolute atomic E-state index is 0.407. The van der Waals surface area contributed by atoms with Crippen molar-refractivity contribution in [3.63, 3.8) is 0 Å². The van der Waals surface area contributed by atoms with Crippen molar-refractivity contribution >= 4 is 0 Å². The monoisotopic (exact) mass is 237 g/mol. The molecule has 1 heteroatoms. The van der Waals surface area contributed by atoms with Crippen LogP contribution in [0.1, 0.15) is 29.9 Å². The van der Waals surface area contributed by atoms with E-state index in [2.05, 4.69) is 60.7 Å². The molecule has 3 rings (SSSR count). The van der Waals surface area contributed by atoms with Crippen LogP contribution in [-0.2, 0) is 0 Å². The Bertz CT molecular complexity index is 446. The molecule has 0 heterocycles. The molecule has 2 N–H and O–H groups in total. The van der Waals surface area contributed by atoms with Crippen LogP contribution in [0.25, 0.3) is 0 Å². The summed E-state index contributed by atoms with van der Waals surface area (Å²) in [6.45, 7) is 0. The van der Waals surface area contributed by atoms with E-state index >= 15 is 0 Å². The van der Waals surface area contributed by atoms with E-state index < -0.39 is 0 Å². The second kappa shape index (κ2) is 4.95. The Kier molecular flexibility index (Phi) is 3.16. The molecule has 0 amide bonds. The maximum atomic E-state index is 5.96. The van der Waals surface area contributed by atoms with Crippen molar-refractivity contribution in [3.8, 4) is 0 Å². The molecule has 2 aromatic carbocycles. The fraction of sp³-hybridized carbons (Fsp3) is 0.294. The van der Waals surface area contributed by atoms with Gasteiger partial charge in [-0.2, -0.15) is 0 Å². The zero-order valence-electron chi connectivity index (χ0n) is 10.5. The molecule has 2 aromatic rings. The van der Waals surface area contributed by atoms with Gasteiger partial charge in [0.15, 0.2) is 0 Å². The van der Waals surface area contributed by atoms with Crippen molar-refractivity contribution in [2.24, 2.45) is 11.7 Å². The molecule has 1 aliphatic carbocycles. The SMILES string of the molecule is NC1CC(C(c2ccccc2)c2ccccc2)C1. The summed E-state index contributed by atoms with van der Waals surface area (Å²) in [5.74, 6) is 1.21. The van der Waals surface area contributed by atoms with Crippen LogP contribution in [0.5, 0.6) is 0 Å². The van der Waals surface area contributed by atoms with Gasteiger partial charge in [0.1, 0.15) is 0 Å². The van der Waals surface area contributed by atoms with Gasteiger partial charge in [-0.05, 0) is 29.9 Å². The molecule has 1 saturated carbocycles. The van der Waals surface area contributed by atoms with Crippen molar-refractivity contribution in [2.75, 3.05) is 0 Å². The molecule has 92 valence electrons. The largest absolute Gasteiger partial charge is 0.328 e. The standard InChI is InChI=1S/C17H19N/c18-16-11-15(12-16)17(13-7-3-1-4-8-13)14-9-5-2-6-10-14/h1-10,15-17H,11-12,18H2. The lowest BCUT2D eigenvalue weighted by atomic mass is 9.68. The lowest BCUT2D eigenvalue weighted by Crippen LogP contribution is -2.39. The molecule has 0 saturated heterocycles. The Morgan fingerprint density at radius 1 is 0.778 bits per heavy atom. The number of hydrogen-bond acceptors (Lipinski definition) is 1. The van der Waals surface area contributed by atoms with E-state index in [9.17, 15) is 0 Å². The summed E-state index contributed by atoms with van der Waals surface area (Å²) in [5.41, 5.74) is 8.80. The molecule has 0 radical (unpaired) electrons. The zero-order valence-corrected chi connectivity index (χ0v) is 10.5. The number of rotatable bonds is 3. The highest BCUT2D eigenvalue weighted by Crippen LogP contribution is 2.42. The molecule has 0 aliphatic heterocycles. The van der Waals surface area contributed by atoms with Crippen molar-refractivity contribution in [2.45, 2.75) is 24.8 Å². The fourth-order valence-electron chi connectivity index (χ4n) is 3.04. The highest BCUT2D eigenvalue weighted by Gasteiger charge is 2.34. The van der Waals surface area contributed by atoms with E-state index in [1.165, 1.54) is 11.1 Å². The second-order valence-corrected chi connectivity index (χ2v) is 5.29. The number of hydrogen-bond donors (Lipinski definition) is 1. The van der Waals surface area contributed by atoms with Gasteiger partial charge in [0.2, 0.25) is 0 Å². The van der Waals surface area contributed by atoms with E-state index in [0.717, 1.165) is 12.8 Å². The molecule has 0 atom stereocenters. The van der Waals surface area contributed by atoms with Gasteiger partial charge in [-0.15, -0.1) is 0 Å². The minimum Gasteiger partial charge on any atom is -0.328 e. The summed E-state index contributed by atoms with van der Waals surface area (Å²) in [6.07, 6.45) is 2.29. The van der Waals surface area contributed by atoms with Gasteiger partial charge in [0.25, 0.3) is 0 Å². The molecular formula is C17H19N. The normalized spacial score (nSPS) is 22.8. The molecule has 18 heavy (non-hydrogen) atoms. The summed E-state index contributed by atoms with van der Waals surface area (Å²) in [5, 5.41) is 0. The van der Waals surface area contributed by atoms with Gasteiger partial charge in [0.05, 0.1) is 0 Å². The van der Waals surface area contributed by atoms with Gasteiger partial charge in [-0.1, -0.05) is 60.7 Å². The van der Waals surface area contributed by atoms with Gasteiger partial charge < -0.3 is 5.73 Å². The first-order valence-corrected chi connectivity index (χ1v) is 6.70. The van der Waals surface area contributed by atoms with Crippen molar-refractivity contribution in [3.05, 3.63) is 71.8 Å². The van der Waals surface area contributed by atoms with E-state index in [1.54, 1.807) is 0 Å². The Balaban J connectivity index is 1.94. The van der Waals surface area contributed by atoms with Gasteiger partial charge in [-0.25, -0.2) is 0 Å². The van der Waals surface area contributed by atoms with Crippen LogP contribution in [0.3, 0.4) is 0 Å². The summed E-state index contributed by atoms with van der Waals surface area (Å²) >= 11 is 0. The second-order valence-electron chi connectivity index (χ2n) is 5.29. The van der Waals surface area contributed by atoms with Crippen molar-refractivity contribution in [1.29, 1.82) is 0 Å². The predicted molar refractivity (Wildman–Crippen MR) is 75.4 cm³/mol. The van der Waals surface area contributed by atoms with Crippen molar-refractivity contribution < 1.29 is 0 Å².